The van der Waals surface area contributed by atoms with Gasteiger partial charge in [0.05, 0.1) is 11.8 Å². The molecule has 1 unspecified atom stereocenters. The quantitative estimate of drug-likeness (QED) is 0.794. The Bertz CT molecular complexity index is 498. The van der Waals surface area contributed by atoms with Gasteiger partial charge in [-0.05, 0) is 13.0 Å². The maximum Gasteiger partial charge on any atom is 0.254 e. The summed E-state index contributed by atoms with van der Waals surface area (Å²) in [5.74, 6) is -0.567. The molecule has 0 bridgehead atoms. The van der Waals surface area contributed by atoms with Gasteiger partial charge < -0.3 is 20.0 Å². The lowest BCUT2D eigenvalue weighted by atomic mass is 10.2. The third kappa shape index (κ3) is 3.17. The fourth-order valence-corrected chi connectivity index (χ4v) is 2.05. The van der Waals surface area contributed by atoms with Gasteiger partial charge in [-0.15, -0.1) is 0 Å². The maximum absolute atomic E-state index is 12.0. The number of furan rings is 1. The van der Waals surface area contributed by atoms with Gasteiger partial charge >= 0.3 is 0 Å². The van der Waals surface area contributed by atoms with Crippen molar-refractivity contribution in [2.75, 3.05) is 19.6 Å². The van der Waals surface area contributed by atoms with Gasteiger partial charge in [0.15, 0.2) is 0 Å². The van der Waals surface area contributed by atoms with E-state index in [0.29, 0.717) is 18.7 Å². The van der Waals surface area contributed by atoms with E-state index >= 15 is 0 Å². The SMILES string of the molecule is CC1C(=O)NCCN1C(=O)CCNC(=O)c1ccoc1. The Kier molecular flexibility index (Phi) is 4.39. The minimum atomic E-state index is -0.458. The first kappa shape index (κ1) is 14.1. The fraction of sp³-hybridized carbons (Fsp3) is 0.462. The number of amides is 3. The third-order valence-electron chi connectivity index (χ3n) is 3.23. The number of piperazine rings is 1. The molecule has 1 atom stereocenters. The second-order valence-electron chi connectivity index (χ2n) is 4.57. The summed E-state index contributed by atoms with van der Waals surface area (Å²) in [6, 6.07) is 1.09. The number of nitrogens with one attached hydrogen (secondary N) is 2. The Morgan fingerprint density at radius 2 is 2.35 bits per heavy atom. The summed E-state index contributed by atoms with van der Waals surface area (Å²) in [6.45, 7) is 2.89. The maximum atomic E-state index is 12.0. The van der Waals surface area contributed by atoms with Crippen LogP contribution in [0.5, 0.6) is 0 Å². The Morgan fingerprint density at radius 3 is 3.05 bits per heavy atom. The standard InChI is InChI=1S/C13H17N3O4/c1-9-12(18)15-5-6-16(9)11(17)2-4-14-13(19)10-3-7-20-8-10/h3,7-9H,2,4-6H2,1H3,(H,14,19)(H,15,18). The molecule has 7 nitrogen and oxygen atoms in total. The Labute approximate surface area is 116 Å². The fourth-order valence-electron chi connectivity index (χ4n) is 2.05. The number of carbonyl (C=O) groups excluding carboxylic acids is 3. The largest absolute Gasteiger partial charge is 0.472 e. The van der Waals surface area contributed by atoms with Crippen molar-refractivity contribution in [3.05, 3.63) is 24.2 Å². The first-order valence-electron chi connectivity index (χ1n) is 6.47. The van der Waals surface area contributed by atoms with Gasteiger partial charge in [-0.25, -0.2) is 0 Å². The van der Waals surface area contributed by atoms with Crippen LogP contribution in [0.3, 0.4) is 0 Å². The molecule has 2 heterocycles. The monoisotopic (exact) mass is 279 g/mol. The van der Waals surface area contributed by atoms with Crippen molar-refractivity contribution in [3.8, 4) is 0 Å². The van der Waals surface area contributed by atoms with Crippen LogP contribution >= 0.6 is 0 Å². The van der Waals surface area contributed by atoms with E-state index in [0.717, 1.165) is 0 Å². The van der Waals surface area contributed by atoms with Crippen LogP contribution < -0.4 is 10.6 Å². The molecule has 2 rings (SSSR count). The molecule has 0 aromatic carbocycles. The van der Waals surface area contributed by atoms with Crippen LogP contribution in [0.1, 0.15) is 23.7 Å². The average molecular weight is 279 g/mol. The second kappa shape index (κ2) is 6.23. The Hall–Kier alpha value is -2.31. The van der Waals surface area contributed by atoms with Gasteiger partial charge in [-0.3, -0.25) is 14.4 Å². The average Bonchev–Trinajstić information content (AvgIpc) is 2.95. The van der Waals surface area contributed by atoms with Crippen LogP contribution in [0.4, 0.5) is 0 Å². The normalized spacial score (nSPS) is 18.6. The highest BCUT2D eigenvalue weighted by Crippen LogP contribution is 2.06. The lowest BCUT2D eigenvalue weighted by molar-refractivity contribution is -0.142. The molecule has 0 saturated carbocycles. The summed E-state index contributed by atoms with van der Waals surface area (Å²) in [7, 11) is 0. The van der Waals surface area contributed by atoms with Crippen molar-refractivity contribution in [1.29, 1.82) is 0 Å². The van der Waals surface area contributed by atoms with Crippen LogP contribution in [0.2, 0.25) is 0 Å². The van der Waals surface area contributed by atoms with Crippen molar-refractivity contribution in [1.82, 2.24) is 15.5 Å². The first-order valence-corrected chi connectivity index (χ1v) is 6.47. The molecule has 20 heavy (non-hydrogen) atoms. The zero-order chi connectivity index (χ0) is 14.5. The van der Waals surface area contributed by atoms with Crippen LogP contribution in [-0.2, 0) is 9.59 Å². The Morgan fingerprint density at radius 1 is 1.55 bits per heavy atom. The molecule has 1 aliphatic heterocycles. The smallest absolute Gasteiger partial charge is 0.254 e. The molecular formula is C13H17N3O4. The highest BCUT2D eigenvalue weighted by atomic mass is 16.3. The van der Waals surface area contributed by atoms with Gasteiger partial charge in [-0.1, -0.05) is 0 Å². The number of hydrogen-bond acceptors (Lipinski definition) is 4. The summed E-state index contributed by atoms with van der Waals surface area (Å²) >= 11 is 0. The predicted molar refractivity (Wildman–Crippen MR) is 69.8 cm³/mol. The lowest BCUT2D eigenvalue weighted by Gasteiger charge is -2.32. The summed E-state index contributed by atoms with van der Waals surface area (Å²) in [4.78, 5) is 36.6. The van der Waals surface area contributed by atoms with Crippen molar-refractivity contribution < 1.29 is 18.8 Å². The van der Waals surface area contributed by atoms with E-state index in [9.17, 15) is 14.4 Å². The minimum absolute atomic E-state index is 0.139. The Balaban J connectivity index is 1.77. The number of hydrogen-bond donors (Lipinski definition) is 2. The van der Waals surface area contributed by atoms with E-state index in [1.165, 1.54) is 17.4 Å². The van der Waals surface area contributed by atoms with Crippen LogP contribution in [-0.4, -0.2) is 48.3 Å². The van der Waals surface area contributed by atoms with Crippen LogP contribution in [0, 0.1) is 0 Å². The molecule has 2 N–H and O–H groups in total. The van der Waals surface area contributed by atoms with Gasteiger partial charge in [-0.2, -0.15) is 0 Å². The predicted octanol–water partition coefficient (Wildman–Crippen LogP) is -0.254. The minimum Gasteiger partial charge on any atom is -0.472 e. The third-order valence-corrected chi connectivity index (χ3v) is 3.23. The van der Waals surface area contributed by atoms with Crippen LogP contribution in [0.25, 0.3) is 0 Å². The van der Waals surface area contributed by atoms with E-state index in [4.69, 9.17) is 4.42 Å². The molecule has 108 valence electrons. The topological polar surface area (TPSA) is 91.7 Å². The molecule has 1 aromatic rings. The van der Waals surface area contributed by atoms with E-state index in [2.05, 4.69) is 10.6 Å². The van der Waals surface area contributed by atoms with Gasteiger partial charge in [0.25, 0.3) is 5.91 Å². The summed E-state index contributed by atoms with van der Waals surface area (Å²) in [5, 5.41) is 5.33. The van der Waals surface area contributed by atoms with Crippen molar-refractivity contribution in [2.45, 2.75) is 19.4 Å². The zero-order valence-corrected chi connectivity index (χ0v) is 11.2. The molecule has 1 aromatic heterocycles. The molecule has 1 aliphatic rings. The molecule has 1 saturated heterocycles. The van der Waals surface area contributed by atoms with E-state index < -0.39 is 6.04 Å². The van der Waals surface area contributed by atoms with Crippen molar-refractivity contribution in [3.63, 3.8) is 0 Å². The lowest BCUT2D eigenvalue weighted by Crippen LogP contribution is -2.56. The van der Waals surface area contributed by atoms with Gasteiger partial charge in [0.2, 0.25) is 11.8 Å². The van der Waals surface area contributed by atoms with Crippen LogP contribution in [0.15, 0.2) is 23.0 Å². The second-order valence-corrected chi connectivity index (χ2v) is 4.57. The van der Waals surface area contributed by atoms with Gasteiger partial charge in [0.1, 0.15) is 12.3 Å². The van der Waals surface area contributed by atoms with Crippen molar-refractivity contribution in [2.24, 2.45) is 0 Å². The van der Waals surface area contributed by atoms with E-state index in [1.807, 2.05) is 0 Å². The molecular weight excluding hydrogens is 262 g/mol. The zero-order valence-electron chi connectivity index (χ0n) is 11.2. The molecule has 0 aliphatic carbocycles. The first-order chi connectivity index (χ1) is 9.59. The molecule has 7 heteroatoms. The van der Waals surface area contributed by atoms with Crippen molar-refractivity contribution >= 4 is 17.7 Å². The molecule has 1 fully saturated rings. The number of carbonyl (C=O) groups is 3. The number of nitrogens with zero attached hydrogens (tertiary/aromatic N) is 1. The summed E-state index contributed by atoms with van der Waals surface area (Å²) in [6.07, 6.45) is 2.92. The van der Waals surface area contributed by atoms with E-state index in [-0.39, 0.29) is 30.7 Å². The molecule has 3 amide bonds. The van der Waals surface area contributed by atoms with E-state index in [1.54, 1.807) is 13.0 Å². The highest BCUT2D eigenvalue weighted by Gasteiger charge is 2.28. The number of rotatable bonds is 4. The molecule has 0 radical (unpaired) electrons. The summed E-state index contributed by atoms with van der Waals surface area (Å²) < 4.78 is 4.80. The molecule has 0 spiro atoms. The highest BCUT2D eigenvalue weighted by molar-refractivity contribution is 5.94. The summed E-state index contributed by atoms with van der Waals surface area (Å²) in [5.41, 5.74) is 0.420. The van der Waals surface area contributed by atoms with Gasteiger partial charge in [0, 0.05) is 26.1 Å².